The Bertz CT molecular complexity index is 852. The van der Waals surface area contributed by atoms with Gasteiger partial charge in [0.25, 0.3) is 0 Å². The summed E-state index contributed by atoms with van der Waals surface area (Å²) < 4.78 is 13.5. The van der Waals surface area contributed by atoms with Gasteiger partial charge >= 0.3 is 0 Å². The molecule has 0 amide bonds. The summed E-state index contributed by atoms with van der Waals surface area (Å²) >= 11 is 6.19. The van der Waals surface area contributed by atoms with E-state index < -0.39 is 0 Å². The fourth-order valence-electron chi connectivity index (χ4n) is 5.83. The van der Waals surface area contributed by atoms with Crippen LogP contribution in [0.2, 0.25) is 5.02 Å². The lowest BCUT2D eigenvalue weighted by Crippen LogP contribution is -2.34. The maximum Gasteiger partial charge on any atom is 0.148 e. The number of hydrogen-bond donors (Lipinski definition) is 1. The first-order valence-electron chi connectivity index (χ1n) is 11.5. The first-order chi connectivity index (χ1) is 14.7. The normalized spacial score (nSPS) is 27.7. The molecule has 6 heteroatoms. The van der Waals surface area contributed by atoms with Gasteiger partial charge in [-0.15, -0.1) is 10.2 Å². The van der Waals surface area contributed by atoms with E-state index in [4.69, 9.17) is 11.6 Å². The summed E-state index contributed by atoms with van der Waals surface area (Å²) in [6, 6.07) is 9.39. The molecule has 1 saturated heterocycles. The number of likely N-dealkylation sites (tertiary alicyclic amines) is 1. The standard InChI is InChI=1S/C24H30ClFN4/c25-22-8-7-18(26)13-21(22)23-9-10-24(29-28-23)27-19-11-16-14-30(15-17(16)12-19)20-5-3-1-2-4-6-20/h7-10,13,16-17,19-20H,1-6,11-12,14-15H2,(H,27,29). The highest BCUT2D eigenvalue weighted by atomic mass is 35.5. The van der Waals surface area contributed by atoms with Crippen LogP contribution in [0.25, 0.3) is 11.3 Å². The first-order valence-corrected chi connectivity index (χ1v) is 11.8. The molecule has 160 valence electrons. The number of halogens is 2. The van der Waals surface area contributed by atoms with Crippen molar-refractivity contribution in [2.45, 2.75) is 63.5 Å². The van der Waals surface area contributed by atoms with Gasteiger partial charge in [0.2, 0.25) is 0 Å². The van der Waals surface area contributed by atoms with Crippen LogP contribution in [0.5, 0.6) is 0 Å². The first kappa shape index (κ1) is 20.2. The predicted octanol–water partition coefficient (Wildman–Crippen LogP) is 5.78. The van der Waals surface area contributed by atoms with Crippen molar-refractivity contribution in [1.82, 2.24) is 15.1 Å². The number of rotatable bonds is 4. The Hall–Kier alpha value is -1.72. The number of benzene rings is 1. The summed E-state index contributed by atoms with van der Waals surface area (Å²) in [5, 5.41) is 12.7. The lowest BCUT2D eigenvalue weighted by molar-refractivity contribution is 0.204. The van der Waals surface area contributed by atoms with Crippen LogP contribution in [0.15, 0.2) is 30.3 Å². The zero-order chi connectivity index (χ0) is 20.5. The average Bonchev–Trinajstić information content (AvgIpc) is 3.17. The molecule has 0 spiro atoms. The smallest absolute Gasteiger partial charge is 0.148 e. The summed E-state index contributed by atoms with van der Waals surface area (Å²) in [4.78, 5) is 2.80. The van der Waals surface area contributed by atoms with Crippen LogP contribution in [-0.2, 0) is 0 Å². The second kappa shape index (κ2) is 8.80. The van der Waals surface area contributed by atoms with Gasteiger partial charge in [-0.3, -0.25) is 4.90 Å². The minimum atomic E-state index is -0.325. The van der Waals surface area contributed by atoms with E-state index in [1.165, 1.54) is 76.6 Å². The van der Waals surface area contributed by atoms with E-state index in [1.54, 1.807) is 6.07 Å². The molecule has 2 aromatic rings. The van der Waals surface area contributed by atoms with Crippen molar-refractivity contribution >= 4 is 17.4 Å². The SMILES string of the molecule is Fc1ccc(Cl)c(-c2ccc(NC3CC4CN(C5CCCCCC5)CC4C3)nn2)c1. The number of nitrogens with one attached hydrogen (secondary N) is 1. The van der Waals surface area contributed by atoms with Crippen molar-refractivity contribution in [3.8, 4) is 11.3 Å². The van der Waals surface area contributed by atoms with Gasteiger partial charge in [0.05, 0.1) is 10.7 Å². The van der Waals surface area contributed by atoms with Gasteiger partial charge in [0, 0.05) is 30.7 Å². The molecule has 1 N–H and O–H groups in total. The third-order valence-corrected chi connectivity index (χ3v) is 7.67. The number of hydrogen-bond acceptors (Lipinski definition) is 4. The highest BCUT2D eigenvalue weighted by molar-refractivity contribution is 6.33. The molecule has 1 aliphatic heterocycles. The van der Waals surface area contributed by atoms with E-state index in [-0.39, 0.29) is 5.82 Å². The van der Waals surface area contributed by atoms with Gasteiger partial charge in [-0.25, -0.2) is 4.39 Å². The minimum Gasteiger partial charge on any atom is -0.366 e. The molecule has 1 aromatic carbocycles. The fourth-order valence-corrected chi connectivity index (χ4v) is 6.05. The molecular weight excluding hydrogens is 399 g/mol. The Morgan fingerprint density at radius 2 is 1.67 bits per heavy atom. The van der Waals surface area contributed by atoms with Gasteiger partial charge in [-0.05, 0) is 67.9 Å². The third-order valence-electron chi connectivity index (χ3n) is 7.34. The van der Waals surface area contributed by atoms with E-state index in [1.807, 2.05) is 12.1 Å². The zero-order valence-corrected chi connectivity index (χ0v) is 18.1. The summed E-state index contributed by atoms with van der Waals surface area (Å²) in [5.74, 6) is 2.08. The largest absolute Gasteiger partial charge is 0.366 e. The van der Waals surface area contributed by atoms with E-state index in [9.17, 15) is 4.39 Å². The van der Waals surface area contributed by atoms with Gasteiger partial charge < -0.3 is 5.32 Å². The topological polar surface area (TPSA) is 41.0 Å². The van der Waals surface area contributed by atoms with Gasteiger partial charge in [-0.1, -0.05) is 37.3 Å². The highest BCUT2D eigenvalue weighted by Crippen LogP contribution is 2.41. The quantitative estimate of drug-likeness (QED) is 0.626. The summed E-state index contributed by atoms with van der Waals surface area (Å²) in [6.45, 7) is 2.55. The molecule has 3 fully saturated rings. The molecule has 3 aliphatic rings. The maximum absolute atomic E-state index is 13.5. The molecular formula is C24H30ClFN4. The molecule has 2 heterocycles. The Labute approximate surface area is 183 Å². The third kappa shape index (κ3) is 4.33. The molecule has 5 rings (SSSR count). The number of fused-ring (bicyclic) bond motifs is 1. The number of aromatic nitrogens is 2. The zero-order valence-electron chi connectivity index (χ0n) is 17.4. The molecule has 2 unspecified atom stereocenters. The van der Waals surface area contributed by atoms with Crippen LogP contribution in [0, 0.1) is 17.7 Å². The van der Waals surface area contributed by atoms with Crippen LogP contribution in [0.3, 0.4) is 0 Å². The van der Waals surface area contributed by atoms with Crippen LogP contribution >= 0.6 is 11.6 Å². The van der Waals surface area contributed by atoms with Crippen LogP contribution < -0.4 is 5.32 Å². The highest BCUT2D eigenvalue weighted by Gasteiger charge is 2.42. The molecule has 0 radical (unpaired) electrons. The molecule has 0 bridgehead atoms. The second-order valence-electron chi connectivity index (χ2n) is 9.36. The molecule has 2 aliphatic carbocycles. The van der Waals surface area contributed by atoms with E-state index >= 15 is 0 Å². The van der Waals surface area contributed by atoms with Crippen LogP contribution in [0.4, 0.5) is 10.2 Å². The lowest BCUT2D eigenvalue weighted by Gasteiger charge is -2.28. The number of nitrogens with zero attached hydrogens (tertiary/aromatic N) is 3. The van der Waals surface area contributed by atoms with Crippen molar-refractivity contribution in [2.24, 2.45) is 11.8 Å². The molecule has 2 saturated carbocycles. The second-order valence-corrected chi connectivity index (χ2v) is 9.77. The Kier molecular flexibility index (Phi) is 5.92. The lowest BCUT2D eigenvalue weighted by atomic mass is 10.0. The van der Waals surface area contributed by atoms with Crippen molar-refractivity contribution in [1.29, 1.82) is 0 Å². The van der Waals surface area contributed by atoms with Crippen molar-refractivity contribution in [3.63, 3.8) is 0 Å². The summed E-state index contributed by atoms with van der Waals surface area (Å²) in [6.07, 6.45) is 10.9. The Morgan fingerprint density at radius 1 is 0.933 bits per heavy atom. The summed E-state index contributed by atoms with van der Waals surface area (Å²) in [5.41, 5.74) is 1.16. The number of anilines is 1. The van der Waals surface area contributed by atoms with Crippen molar-refractivity contribution in [3.05, 3.63) is 41.2 Å². The van der Waals surface area contributed by atoms with Crippen LogP contribution in [-0.4, -0.2) is 40.3 Å². The van der Waals surface area contributed by atoms with Crippen molar-refractivity contribution < 1.29 is 4.39 Å². The predicted molar refractivity (Wildman–Crippen MR) is 119 cm³/mol. The fraction of sp³-hybridized carbons (Fsp3) is 0.583. The molecule has 30 heavy (non-hydrogen) atoms. The monoisotopic (exact) mass is 428 g/mol. The van der Waals surface area contributed by atoms with Crippen LogP contribution in [0.1, 0.15) is 51.4 Å². The Balaban J connectivity index is 1.17. The van der Waals surface area contributed by atoms with Gasteiger partial charge in [-0.2, -0.15) is 0 Å². The summed E-state index contributed by atoms with van der Waals surface area (Å²) in [7, 11) is 0. The van der Waals surface area contributed by atoms with Gasteiger partial charge in [0.15, 0.2) is 0 Å². The van der Waals surface area contributed by atoms with E-state index in [2.05, 4.69) is 20.4 Å². The molecule has 1 aromatic heterocycles. The average molecular weight is 429 g/mol. The minimum absolute atomic E-state index is 0.325. The Morgan fingerprint density at radius 3 is 2.33 bits per heavy atom. The van der Waals surface area contributed by atoms with Gasteiger partial charge in [0.1, 0.15) is 11.6 Å². The van der Waals surface area contributed by atoms with E-state index in [0.29, 0.717) is 22.3 Å². The maximum atomic E-state index is 13.5. The molecule has 4 nitrogen and oxygen atoms in total. The van der Waals surface area contributed by atoms with E-state index in [0.717, 1.165) is 23.7 Å². The molecule has 2 atom stereocenters. The van der Waals surface area contributed by atoms with Crippen molar-refractivity contribution in [2.75, 3.05) is 18.4 Å².